The number of carbonyl (C=O) groups is 3. The van der Waals surface area contributed by atoms with E-state index in [4.69, 9.17) is 5.11 Å². The minimum Gasteiger partial charge on any atom is -0.481 e. The van der Waals surface area contributed by atoms with Crippen molar-refractivity contribution in [1.82, 2.24) is 4.90 Å². The van der Waals surface area contributed by atoms with E-state index in [-0.39, 0.29) is 19.4 Å². The van der Waals surface area contributed by atoms with Crippen molar-refractivity contribution in [3.8, 4) is 0 Å². The van der Waals surface area contributed by atoms with Crippen LogP contribution in [0.15, 0.2) is 36.4 Å². The predicted molar refractivity (Wildman–Crippen MR) is 93.1 cm³/mol. The van der Waals surface area contributed by atoms with Gasteiger partial charge in [0.15, 0.2) is 0 Å². The Bertz CT molecular complexity index is 991. The zero-order valence-corrected chi connectivity index (χ0v) is 14.7. The molecule has 0 saturated heterocycles. The molecule has 0 aromatic heterocycles. The van der Waals surface area contributed by atoms with Gasteiger partial charge >= 0.3 is 5.97 Å². The molecule has 1 aliphatic heterocycles. The van der Waals surface area contributed by atoms with Crippen molar-refractivity contribution in [2.24, 2.45) is 0 Å². The molecule has 2 aromatic rings. The SMILES string of the molecule is O=C(O)CCCN1C(=O)C(c2ccc(F)cc2F)=C(c2ccc(F)cc2F)C1=O. The maximum atomic E-state index is 14.4. The first-order valence-electron chi connectivity index (χ1n) is 8.43. The molecule has 29 heavy (non-hydrogen) atoms. The van der Waals surface area contributed by atoms with E-state index in [9.17, 15) is 31.9 Å². The number of carboxylic acids is 1. The molecular weight excluding hydrogens is 394 g/mol. The smallest absolute Gasteiger partial charge is 0.303 e. The first kappa shape index (κ1) is 20.2. The van der Waals surface area contributed by atoms with E-state index in [0.717, 1.165) is 24.3 Å². The fourth-order valence-electron chi connectivity index (χ4n) is 3.05. The van der Waals surface area contributed by atoms with Crippen LogP contribution in [0.2, 0.25) is 0 Å². The van der Waals surface area contributed by atoms with Crippen molar-refractivity contribution in [3.05, 3.63) is 70.8 Å². The summed E-state index contributed by atoms with van der Waals surface area (Å²) in [5.41, 5.74) is -1.87. The largest absolute Gasteiger partial charge is 0.481 e. The Morgan fingerprint density at radius 1 is 0.828 bits per heavy atom. The molecule has 2 amide bonds. The van der Waals surface area contributed by atoms with Gasteiger partial charge < -0.3 is 5.11 Å². The predicted octanol–water partition coefficient (Wildman–Crippen LogP) is 3.39. The molecule has 5 nitrogen and oxygen atoms in total. The molecule has 1 aliphatic rings. The summed E-state index contributed by atoms with van der Waals surface area (Å²) in [4.78, 5) is 37.0. The van der Waals surface area contributed by atoms with Crippen LogP contribution in [0.1, 0.15) is 24.0 Å². The zero-order valence-electron chi connectivity index (χ0n) is 14.7. The van der Waals surface area contributed by atoms with Crippen LogP contribution < -0.4 is 0 Å². The molecule has 2 aromatic carbocycles. The Hall–Kier alpha value is -3.49. The highest BCUT2D eigenvalue weighted by atomic mass is 19.1. The van der Waals surface area contributed by atoms with Gasteiger partial charge in [-0.1, -0.05) is 0 Å². The summed E-state index contributed by atoms with van der Waals surface area (Å²) in [5.74, 6) is -7.24. The van der Waals surface area contributed by atoms with Crippen LogP contribution in [-0.4, -0.2) is 34.3 Å². The Morgan fingerprint density at radius 3 is 1.66 bits per heavy atom. The molecule has 0 saturated carbocycles. The van der Waals surface area contributed by atoms with Crippen molar-refractivity contribution in [1.29, 1.82) is 0 Å². The van der Waals surface area contributed by atoms with Crippen LogP contribution in [0.25, 0.3) is 11.1 Å². The number of halogens is 4. The molecule has 0 fully saturated rings. The van der Waals surface area contributed by atoms with Crippen LogP contribution >= 0.6 is 0 Å². The number of benzene rings is 2. The van der Waals surface area contributed by atoms with Gasteiger partial charge in [-0.3, -0.25) is 19.3 Å². The molecule has 1 heterocycles. The summed E-state index contributed by atoms with van der Waals surface area (Å²) in [6.07, 6.45) is -0.414. The van der Waals surface area contributed by atoms with E-state index in [2.05, 4.69) is 0 Å². The van der Waals surface area contributed by atoms with Crippen LogP contribution in [-0.2, 0) is 14.4 Å². The van der Waals surface area contributed by atoms with Gasteiger partial charge in [0.1, 0.15) is 23.3 Å². The first-order valence-corrected chi connectivity index (χ1v) is 8.43. The van der Waals surface area contributed by atoms with Gasteiger partial charge in [0.05, 0.1) is 11.1 Å². The third-order valence-electron chi connectivity index (χ3n) is 4.34. The van der Waals surface area contributed by atoms with Crippen molar-refractivity contribution in [2.45, 2.75) is 12.8 Å². The molecule has 3 rings (SSSR count). The molecule has 1 N–H and O–H groups in total. The Morgan fingerprint density at radius 2 is 1.28 bits per heavy atom. The zero-order chi connectivity index (χ0) is 21.3. The summed E-state index contributed by atoms with van der Waals surface area (Å²) in [7, 11) is 0. The Balaban J connectivity index is 2.15. The topological polar surface area (TPSA) is 74.7 Å². The third-order valence-corrected chi connectivity index (χ3v) is 4.34. The Labute approximate surface area is 161 Å². The number of hydrogen-bond acceptors (Lipinski definition) is 3. The van der Waals surface area contributed by atoms with Gasteiger partial charge in [-0.25, -0.2) is 17.6 Å². The minimum absolute atomic E-state index is 0.0782. The normalized spacial score (nSPS) is 14.1. The van der Waals surface area contributed by atoms with Crippen molar-refractivity contribution >= 4 is 28.9 Å². The van der Waals surface area contributed by atoms with Gasteiger partial charge in [-0.05, 0) is 30.7 Å². The second kappa shape index (κ2) is 7.86. The lowest BCUT2D eigenvalue weighted by molar-refractivity contribution is -0.140. The van der Waals surface area contributed by atoms with E-state index < -0.39 is 63.3 Å². The number of carbonyl (C=O) groups excluding carboxylic acids is 2. The molecule has 0 atom stereocenters. The van der Waals surface area contributed by atoms with Gasteiger partial charge in [0.2, 0.25) is 0 Å². The summed E-state index contributed by atoms with van der Waals surface area (Å²) in [6.45, 7) is -0.303. The average Bonchev–Trinajstić information content (AvgIpc) is 2.86. The molecule has 0 bridgehead atoms. The second-order valence-electron chi connectivity index (χ2n) is 6.26. The van der Waals surface area contributed by atoms with E-state index >= 15 is 0 Å². The number of carboxylic acid groups (broad SMARTS) is 1. The van der Waals surface area contributed by atoms with Crippen molar-refractivity contribution in [2.75, 3.05) is 6.54 Å². The third kappa shape index (κ3) is 3.89. The average molecular weight is 407 g/mol. The molecule has 9 heteroatoms. The fraction of sp³-hybridized carbons (Fsp3) is 0.150. The van der Waals surface area contributed by atoms with E-state index in [1.165, 1.54) is 0 Å². The highest BCUT2D eigenvalue weighted by Gasteiger charge is 2.41. The molecule has 150 valence electrons. The van der Waals surface area contributed by atoms with Crippen LogP contribution in [0.5, 0.6) is 0 Å². The van der Waals surface area contributed by atoms with Crippen LogP contribution in [0.3, 0.4) is 0 Å². The highest BCUT2D eigenvalue weighted by Crippen LogP contribution is 2.38. The van der Waals surface area contributed by atoms with Gasteiger partial charge in [-0.15, -0.1) is 0 Å². The molecule has 0 aliphatic carbocycles. The number of rotatable bonds is 6. The van der Waals surface area contributed by atoms with E-state index in [1.54, 1.807) is 0 Å². The van der Waals surface area contributed by atoms with Crippen LogP contribution in [0.4, 0.5) is 17.6 Å². The van der Waals surface area contributed by atoms with E-state index in [1.807, 2.05) is 0 Å². The summed E-state index contributed by atoms with van der Waals surface area (Å²) < 4.78 is 55.3. The quantitative estimate of drug-likeness (QED) is 0.589. The minimum atomic E-state index is -1.15. The maximum Gasteiger partial charge on any atom is 0.303 e. The Kier molecular flexibility index (Phi) is 5.49. The number of amides is 2. The summed E-state index contributed by atoms with van der Waals surface area (Å²) >= 11 is 0. The maximum absolute atomic E-state index is 14.4. The van der Waals surface area contributed by atoms with E-state index in [0.29, 0.717) is 17.0 Å². The van der Waals surface area contributed by atoms with Gasteiger partial charge in [-0.2, -0.15) is 0 Å². The van der Waals surface area contributed by atoms with Crippen LogP contribution in [0, 0.1) is 23.3 Å². The van der Waals surface area contributed by atoms with Crippen molar-refractivity contribution < 1.29 is 37.1 Å². The molecule has 0 spiro atoms. The second-order valence-corrected chi connectivity index (χ2v) is 6.26. The number of aliphatic carboxylic acids is 1. The number of imide groups is 1. The standard InChI is InChI=1S/C20H13F4NO4/c21-10-3-5-12(14(23)8-10)17-18(13-6-4-11(22)9-15(13)24)20(29)25(19(17)28)7-1-2-16(26)27/h3-6,8-9H,1-2,7H2,(H,26,27). The number of nitrogens with zero attached hydrogens (tertiary/aromatic N) is 1. The first-order chi connectivity index (χ1) is 13.7. The monoisotopic (exact) mass is 407 g/mol. The van der Waals surface area contributed by atoms with Crippen molar-refractivity contribution in [3.63, 3.8) is 0 Å². The van der Waals surface area contributed by atoms with Gasteiger partial charge in [0, 0.05) is 36.2 Å². The van der Waals surface area contributed by atoms with Gasteiger partial charge in [0.25, 0.3) is 11.8 Å². The summed E-state index contributed by atoms with van der Waals surface area (Å²) in [6, 6.07) is 4.63. The lowest BCUT2D eigenvalue weighted by Crippen LogP contribution is -2.32. The lowest BCUT2D eigenvalue weighted by Gasteiger charge is -2.14. The molecule has 0 unspecified atom stereocenters. The molecular formula is C20H13F4NO4. The number of hydrogen-bond donors (Lipinski definition) is 1. The fourth-order valence-corrected chi connectivity index (χ4v) is 3.05. The molecule has 0 radical (unpaired) electrons. The lowest BCUT2D eigenvalue weighted by atomic mass is 9.95. The highest BCUT2D eigenvalue weighted by molar-refractivity contribution is 6.49. The summed E-state index contributed by atoms with van der Waals surface area (Å²) in [5, 5.41) is 8.73.